The molecule has 0 saturated carbocycles. The van der Waals surface area contributed by atoms with Gasteiger partial charge >= 0.3 is 0 Å². The number of anilines is 1. The summed E-state index contributed by atoms with van der Waals surface area (Å²) in [7, 11) is 1.91. The van der Waals surface area contributed by atoms with Crippen LogP contribution in [-0.4, -0.2) is 33.1 Å². The molecular weight excluding hydrogens is 238 g/mol. The lowest BCUT2D eigenvalue weighted by Crippen LogP contribution is -2.30. The van der Waals surface area contributed by atoms with Crippen LogP contribution in [0.15, 0.2) is 12.3 Å². The Labute approximate surface area is 106 Å². The summed E-state index contributed by atoms with van der Waals surface area (Å²) < 4.78 is 1.80. The van der Waals surface area contributed by atoms with Crippen LogP contribution >= 0.6 is 12.4 Å². The number of piperidine rings is 1. The first-order valence-electron chi connectivity index (χ1n) is 5.75. The maximum absolute atomic E-state index is 4.45. The normalized spacial score (nSPS) is 15.9. The van der Waals surface area contributed by atoms with Gasteiger partial charge in [-0.2, -0.15) is 0 Å². The third kappa shape index (κ3) is 2.07. The summed E-state index contributed by atoms with van der Waals surface area (Å²) in [5.41, 5.74) is 1.97. The van der Waals surface area contributed by atoms with Gasteiger partial charge in [-0.15, -0.1) is 17.5 Å². The topological polar surface area (TPSA) is 46.8 Å². The molecule has 0 aromatic carbocycles. The summed E-state index contributed by atoms with van der Waals surface area (Å²) in [6.07, 6.45) is 5.67. The fourth-order valence-electron chi connectivity index (χ4n) is 2.29. The van der Waals surface area contributed by atoms with Crippen molar-refractivity contribution < 1.29 is 0 Å². The molecule has 0 amide bonds. The molecule has 0 aliphatic carbocycles. The van der Waals surface area contributed by atoms with Crippen molar-refractivity contribution in [2.45, 2.75) is 19.3 Å². The van der Waals surface area contributed by atoms with Crippen LogP contribution in [0.4, 0.5) is 5.82 Å². The van der Waals surface area contributed by atoms with Crippen LogP contribution < -0.4 is 4.90 Å². The first kappa shape index (κ1) is 12.1. The molecule has 3 rings (SSSR count). The summed E-state index contributed by atoms with van der Waals surface area (Å²) in [4.78, 5) is 6.77. The standard InChI is InChI=1S/C11H15N5.ClH/c1-15-9-5-6-12-11(10(9)13-14-15)16-7-3-2-4-8-16;/h5-6H,2-4,7-8H2,1H3;1H. The maximum Gasteiger partial charge on any atom is 0.158 e. The molecule has 1 aliphatic heterocycles. The van der Waals surface area contributed by atoms with Crippen LogP contribution in [0.5, 0.6) is 0 Å². The molecule has 2 aromatic heterocycles. The Morgan fingerprint density at radius 3 is 2.71 bits per heavy atom. The number of nitrogens with zero attached hydrogens (tertiary/aromatic N) is 5. The molecule has 92 valence electrons. The first-order chi connectivity index (χ1) is 7.86. The average molecular weight is 254 g/mol. The highest BCUT2D eigenvalue weighted by Gasteiger charge is 2.17. The first-order valence-corrected chi connectivity index (χ1v) is 5.75. The van der Waals surface area contributed by atoms with Crippen LogP contribution in [0.25, 0.3) is 11.0 Å². The minimum atomic E-state index is 0. The SMILES string of the molecule is Cl.Cn1nnc2c(N3CCCCC3)nccc21. The van der Waals surface area contributed by atoms with Gasteiger partial charge in [-0.3, -0.25) is 0 Å². The van der Waals surface area contributed by atoms with Gasteiger partial charge in [0.15, 0.2) is 11.3 Å². The van der Waals surface area contributed by atoms with Crippen molar-refractivity contribution in [1.29, 1.82) is 0 Å². The Bertz CT molecular complexity index is 504. The van der Waals surface area contributed by atoms with Crippen molar-refractivity contribution in [3.05, 3.63) is 12.3 Å². The third-order valence-electron chi connectivity index (χ3n) is 3.17. The minimum Gasteiger partial charge on any atom is -0.355 e. The zero-order valence-electron chi connectivity index (χ0n) is 9.83. The molecule has 0 spiro atoms. The van der Waals surface area contributed by atoms with Crippen LogP contribution in [-0.2, 0) is 7.05 Å². The van der Waals surface area contributed by atoms with Gasteiger partial charge < -0.3 is 4.90 Å². The molecule has 6 heteroatoms. The number of halogens is 1. The average Bonchev–Trinajstić information content (AvgIpc) is 2.73. The van der Waals surface area contributed by atoms with Gasteiger partial charge in [-0.25, -0.2) is 9.67 Å². The van der Waals surface area contributed by atoms with Gasteiger partial charge in [0.1, 0.15) is 0 Å². The van der Waals surface area contributed by atoms with Gasteiger partial charge in [-0.1, -0.05) is 5.21 Å². The van der Waals surface area contributed by atoms with Gasteiger partial charge in [0.25, 0.3) is 0 Å². The van der Waals surface area contributed by atoms with E-state index in [9.17, 15) is 0 Å². The lowest BCUT2D eigenvalue weighted by Gasteiger charge is -2.27. The molecule has 2 aromatic rings. The summed E-state index contributed by atoms with van der Waals surface area (Å²) in [5, 5.41) is 8.25. The molecule has 1 saturated heterocycles. The van der Waals surface area contributed by atoms with Crippen molar-refractivity contribution in [2.24, 2.45) is 7.05 Å². The Hall–Kier alpha value is -1.36. The molecule has 17 heavy (non-hydrogen) atoms. The highest BCUT2D eigenvalue weighted by Crippen LogP contribution is 2.24. The minimum absolute atomic E-state index is 0. The van der Waals surface area contributed by atoms with Crippen LogP contribution in [0, 0.1) is 0 Å². The van der Waals surface area contributed by atoms with E-state index in [1.54, 1.807) is 4.68 Å². The van der Waals surface area contributed by atoms with Crippen molar-refractivity contribution in [2.75, 3.05) is 18.0 Å². The van der Waals surface area contributed by atoms with Crippen LogP contribution in [0.2, 0.25) is 0 Å². The van der Waals surface area contributed by atoms with Crippen molar-refractivity contribution in [3.8, 4) is 0 Å². The summed E-state index contributed by atoms with van der Waals surface area (Å²) >= 11 is 0. The number of fused-ring (bicyclic) bond motifs is 1. The highest BCUT2D eigenvalue weighted by atomic mass is 35.5. The van der Waals surface area contributed by atoms with Crippen LogP contribution in [0.3, 0.4) is 0 Å². The molecule has 5 nitrogen and oxygen atoms in total. The predicted molar refractivity (Wildman–Crippen MR) is 69.6 cm³/mol. The molecule has 0 radical (unpaired) electrons. The lowest BCUT2D eigenvalue weighted by atomic mass is 10.1. The van der Waals surface area contributed by atoms with E-state index in [2.05, 4.69) is 20.2 Å². The van der Waals surface area contributed by atoms with E-state index in [0.717, 1.165) is 29.9 Å². The van der Waals surface area contributed by atoms with Crippen molar-refractivity contribution >= 4 is 29.3 Å². The largest absolute Gasteiger partial charge is 0.355 e. The molecule has 0 atom stereocenters. The van der Waals surface area contributed by atoms with E-state index in [-0.39, 0.29) is 12.4 Å². The molecule has 1 fully saturated rings. The molecule has 0 bridgehead atoms. The van der Waals surface area contributed by atoms with E-state index in [4.69, 9.17) is 0 Å². The van der Waals surface area contributed by atoms with E-state index in [1.165, 1.54) is 19.3 Å². The van der Waals surface area contributed by atoms with Gasteiger partial charge in [0, 0.05) is 26.3 Å². The maximum atomic E-state index is 4.45. The second-order valence-electron chi connectivity index (χ2n) is 4.26. The Balaban J connectivity index is 0.00000108. The van der Waals surface area contributed by atoms with E-state index >= 15 is 0 Å². The number of pyridine rings is 1. The number of aromatic nitrogens is 4. The molecule has 3 heterocycles. The second-order valence-corrected chi connectivity index (χ2v) is 4.26. The summed E-state index contributed by atoms with van der Waals surface area (Å²) in [6, 6.07) is 1.96. The number of rotatable bonds is 1. The van der Waals surface area contributed by atoms with E-state index in [0.29, 0.717) is 0 Å². The second kappa shape index (κ2) is 4.87. The number of hydrogen-bond donors (Lipinski definition) is 0. The smallest absolute Gasteiger partial charge is 0.158 e. The molecule has 1 aliphatic rings. The monoisotopic (exact) mass is 253 g/mol. The zero-order chi connectivity index (χ0) is 11.0. The zero-order valence-corrected chi connectivity index (χ0v) is 10.7. The lowest BCUT2D eigenvalue weighted by molar-refractivity contribution is 0.574. The Morgan fingerprint density at radius 1 is 1.18 bits per heavy atom. The van der Waals surface area contributed by atoms with Gasteiger partial charge in [0.2, 0.25) is 0 Å². The van der Waals surface area contributed by atoms with E-state index < -0.39 is 0 Å². The fourth-order valence-corrected chi connectivity index (χ4v) is 2.29. The fraction of sp³-hybridized carbons (Fsp3) is 0.545. The summed E-state index contributed by atoms with van der Waals surface area (Å²) in [6.45, 7) is 2.17. The summed E-state index contributed by atoms with van der Waals surface area (Å²) in [5.74, 6) is 0.991. The highest BCUT2D eigenvalue weighted by molar-refractivity contribution is 5.85. The Morgan fingerprint density at radius 2 is 1.94 bits per heavy atom. The molecule has 0 unspecified atom stereocenters. The molecule has 0 N–H and O–H groups in total. The number of hydrogen-bond acceptors (Lipinski definition) is 4. The predicted octanol–water partition coefficient (Wildman–Crippen LogP) is 1.78. The third-order valence-corrected chi connectivity index (χ3v) is 3.17. The number of aryl methyl sites for hydroxylation is 1. The van der Waals surface area contributed by atoms with E-state index in [1.807, 2.05) is 19.3 Å². The van der Waals surface area contributed by atoms with Crippen molar-refractivity contribution in [1.82, 2.24) is 20.0 Å². The van der Waals surface area contributed by atoms with Gasteiger partial charge in [-0.05, 0) is 25.3 Å². The Kier molecular flexibility index (Phi) is 3.47. The van der Waals surface area contributed by atoms with Gasteiger partial charge in [0.05, 0.1) is 5.52 Å². The van der Waals surface area contributed by atoms with Crippen LogP contribution in [0.1, 0.15) is 19.3 Å². The molecular formula is C11H16ClN5. The van der Waals surface area contributed by atoms with Crippen molar-refractivity contribution in [3.63, 3.8) is 0 Å². The quantitative estimate of drug-likeness (QED) is 0.777.